The number of nitrogens with zero attached hydrogens (tertiary/aromatic N) is 4. The molecule has 0 aliphatic carbocycles. The zero-order valence-corrected chi connectivity index (χ0v) is 12.8. The molecule has 1 N–H and O–H groups in total. The predicted octanol–water partition coefficient (Wildman–Crippen LogP) is 3.35. The van der Waals surface area contributed by atoms with E-state index in [2.05, 4.69) is 23.8 Å². The molecule has 2 heterocycles. The van der Waals surface area contributed by atoms with E-state index in [4.69, 9.17) is 0 Å². The smallest absolute Gasteiger partial charge is 0.413 e. The number of imidazole rings is 1. The summed E-state index contributed by atoms with van der Waals surface area (Å²) < 4.78 is 1.97. The van der Waals surface area contributed by atoms with E-state index in [1.807, 2.05) is 28.8 Å². The summed E-state index contributed by atoms with van der Waals surface area (Å²) in [6.07, 6.45) is 0.672. The topological polar surface area (TPSA) is 71.2 Å². The quantitative estimate of drug-likeness (QED) is 0.805. The van der Waals surface area contributed by atoms with Crippen molar-refractivity contribution in [2.75, 3.05) is 11.9 Å². The monoisotopic (exact) mass is 298 g/mol. The number of carbonyl (C=O) groups is 1. The van der Waals surface area contributed by atoms with Crippen LogP contribution in [-0.4, -0.2) is 32.8 Å². The first kappa shape index (κ1) is 14.3. The fourth-order valence-corrected chi connectivity index (χ4v) is 2.63. The Morgan fingerprint density at radius 1 is 1.32 bits per heavy atom. The number of rotatable bonds is 3. The summed E-state index contributed by atoms with van der Waals surface area (Å²) in [6, 6.07) is 7.83. The van der Waals surface area contributed by atoms with Gasteiger partial charge in [-0.05, 0) is 12.0 Å². The van der Waals surface area contributed by atoms with Crippen LogP contribution in [0.25, 0.3) is 21.9 Å². The zero-order valence-electron chi connectivity index (χ0n) is 12.8. The van der Waals surface area contributed by atoms with E-state index >= 15 is 0 Å². The van der Waals surface area contributed by atoms with Gasteiger partial charge in [0.1, 0.15) is 5.52 Å². The van der Waals surface area contributed by atoms with Crippen molar-refractivity contribution in [2.45, 2.75) is 20.4 Å². The van der Waals surface area contributed by atoms with Gasteiger partial charge in [-0.2, -0.15) is 0 Å². The van der Waals surface area contributed by atoms with Gasteiger partial charge in [-0.1, -0.05) is 32.0 Å². The number of amides is 1. The molecule has 0 atom stereocenters. The maximum Gasteiger partial charge on any atom is 0.413 e. The van der Waals surface area contributed by atoms with Crippen LogP contribution in [0.5, 0.6) is 0 Å². The summed E-state index contributed by atoms with van der Waals surface area (Å²) >= 11 is 0. The van der Waals surface area contributed by atoms with Crippen LogP contribution >= 0.6 is 0 Å². The first-order valence-electron chi connectivity index (χ1n) is 7.19. The van der Waals surface area contributed by atoms with E-state index in [-0.39, 0.29) is 0 Å². The molecule has 6 nitrogen and oxygen atoms in total. The molecule has 3 rings (SSSR count). The minimum atomic E-state index is -1.03. The van der Waals surface area contributed by atoms with Crippen LogP contribution < -0.4 is 4.90 Å². The molecule has 0 aliphatic rings. The molecule has 3 aromatic rings. The van der Waals surface area contributed by atoms with Gasteiger partial charge < -0.3 is 9.67 Å². The van der Waals surface area contributed by atoms with Crippen LogP contribution in [0.2, 0.25) is 0 Å². The van der Waals surface area contributed by atoms with Crippen LogP contribution in [0.1, 0.15) is 13.8 Å². The Kier molecular flexibility index (Phi) is 3.44. The third-order valence-corrected chi connectivity index (χ3v) is 3.59. The van der Waals surface area contributed by atoms with E-state index in [1.54, 1.807) is 6.20 Å². The first-order chi connectivity index (χ1) is 10.5. The zero-order chi connectivity index (χ0) is 15.9. The summed E-state index contributed by atoms with van der Waals surface area (Å²) in [5.74, 6) is 0.791. The largest absolute Gasteiger partial charge is 0.465 e. The van der Waals surface area contributed by atoms with E-state index < -0.39 is 6.09 Å². The second-order valence-electron chi connectivity index (χ2n) is 5.77. The fourth-order valence-electron chi connectivity index (χ4n) is 2.63. The highest BCUT2D eigenvalue weighted by Gasteiger charge is 2.20. The van der Waals surface area contributed by atoms with Crippen LogP contribution in [0, 0.1) is 5.92 Å². The average Bonchev–Trinajstić information content (AvgIpc) is 2.84. The second-order valence-corrected chi connectivity index (χ2v) is 5.77. The van der Waals surface area contributed by atoms with Gasteiger partial charge in [-0.25, -0.2) is 9.78 Å². The van der Waals surface area contributed by atoms with E-state index in [0.29, 0.717) is 23.9 Å². The summed E-state index contributed by atoms with van der Waals surface area (Å²) in [5, 5.41) is 10.3. The molecule has 22 heavy (non-hydrogen) atoms. The molecule has 0 bridgehead atoms. The molecule has 6 heteroatoms. The van der Waals surface area contributed by atoms with Crippen molar-refractivity contribution in [1.82, 2.24) is 14.5 Å². The molecule has 1 amide bonds. The Labute approximate surface area is 128 Å². The van der Waals surface area contributed by atoms with Gasteiger partial charge in [0.05, 0.1) is 17.2 Å². The minimum Gasteiger partial charge on any atom is -0.465 e. The number of pyridine rings is 1. The Morgan fingerprint density at radius 3 is 2.73 bits per heavy atom. The van der Waals surface area contributed by atoms with E-state index in [9.17, 15) is 9.90 Å². The van der Waals surface area contributed by atoms with Gasteiger partial charge in [-0.15, -0.1) is 0 Å². The number of benzene rings is 1. The molecule has 0 fully saturated rings. The van der Waals surface area contributed by atoms with Crippen LogP contribution in [-0.2, 0) is 6.54 Å². The predicted molar refractivity (Wildman–Crippen MR) is 86.3 cm³/mol. The highest BCUT2D eigenvalue weighted by Crippen LogP contribution is 2.28. The van der Waals surface area contributed by atoms with Crippen molar-refractivity contribution in [3.8, 4) is 0 Å². The van der Waals surface area contributed by atoms with Gasteiger partial charge in [0.15, 0.2) is 0 Å². The van der Waals surface area contributed by atoms with Gasteiger partial charge >= 0.3 is 6.09 Å². The first-order valence-corrected chi connectivity index (χ1v) is 7.19. The standard InChI is InChI=1S/C16H18N4O2/c1-10(2)9-20-14-11-6-4-5-7-12(11)17-8-13(14)18-15(20)19(3)16(21)22/h4-8,10H,9H2,1-3H3,(H,21,22). The molecule has 114 valence electrons. The lowest BCUT2D eigenvalue weighted by Gasteiger charge is -2.17. The number of hydrogen-bond donors (Lipinski definition) is 1. The highest BCUT2D eigenvalue weighted by molar-refractivity contribution is 6.03. The minimum absolute atomic E-state index is 0.366. The van der Waals surface area contributed by atoms with Crippen LogP contribution in [0.15, 0.2) is 30.5 Å². The lowest BCUT2D eigenvalue weighted by Crippen LogP contribution is -2.27. The average molecular weight is 298 g/mol. The van der Waals surface area contributed by atoms with Crippen LogP contribution in [0.3, 0.4) is 0 Å². The molecule has 0 spiro atoms. The van der Waals surface area contributed by atoms with Gasteiger partial charge in [0.25, 0.3) is 0 Å². The summed E-state index contributed by atoms with van der Waals surface area (Å²) in [7, 11) is 1.51. The number of aromatic nitrogens is 3. The van der Waals surface area contributed by atoms with Crippen molar-refractivity contribution < 1.29 is 9.90 Å². The third kappa shape index (κ3) is 2.26. The number of fused-ring (bicyclic) bond motifs is 3. The lowest BCUT2D eigenvalue weighted by atomic mass is 10.1. The Hall–Kier alpha value is -2.63. The van der Waals surface area contributed by atoms with Gasteiger partial charge in [0.2, 0.25) is 5.95 Å². The second kappa shape index (κ2) is 5.29. The summed E-state index contributed by atoms with van der Waals surface area (Å²) in [5.41, 5.74) is 2.52. The van der Waals surface area contributed by atoms with Crippen molar-refractivity contribution >= 4 is 34.0 Å². The van der Waals surface area contributed by atoms with Crippen LogP contribution in [0.4, 0.5) is 10.7 Å². The van der Waals surface area contributed by atoms with Crippen molar-refractivity contribution in [3.05, 3.63) is 30.5 Å². The molecule has 2 aromatic heterocycles. The number of hydrogen-bond acceptors (Lipinski definition) is 3. The summed E-state index contributed by atoms with van der Waals surface area (Å²) in [4.78, 5) is 21.4. The number of carboxylic acid groups (broad SMARTS) is 1. The lowest BCUT2D eigenvalue weighted by molar-refractivity contribution is 0.202. The maximum absolute atomic E-state index is 11.3. The van der Waals surface area contributed by atoms with Crippen molar-refractivity contribution in [2.24, 2.45) is 5.92 Å². The fraction of sp³-hybridized carbons (Fsp3) is 0.312. The molecule has 1 aromatic carbocycles. The summed E-state index contributed by atoms with van der Waals surface area (Å²) in [6.45, 7) is 4.89. The van der Waals surface area contributed by atoms with E-state index in [0.717, 1.165) is 21.3 Å². The Morgan fingerprint density at radius 2 is 2.05 bits per heavy atom. The molecule has 0 radical (unpaired) electrons. The van der Waals surface area contributed by atoms with Gasteiger partial charge in [-0.3, -0.25) is 9.88 Å². The molecular weight excluding hydrogens is 280 g/mol. The number of para-hydroxylation sites is 1. The molecule has 0 saturated carbocycles. The molecule has 0 unspecified atom stereocenters. The van der Waals surface area contributed by atoms with Crippen molar-refractivity contribution in [1.29, 1.82) is 0 Å². The SMILES string of the molecule is CC(C)Cn1c(N(C)C(=O)O)nc2cnc3ccccc3c21. The van der Waals surface area contributed by atoms with E-state index in [1.165, 1.54) is 7.05 Å². The van der Waals surface area contributed by atoms with Gasteiger partial charge in [0, 0.05) is 19.0 Å². The maximum atomic E-state index is 11.3. The van der Waals surface area contributed by atoms with Crippen molar-refractivity contribution in [3.63, 3.8) is 0 Å². The molecule has 0 saturated heterocycles. The normalized spacial score (nSPS) is 11.5. The Balaban J connectivity index is 2.36. The molecule has 0 aliphatic heterocycles. The number of anilines is 1. The molecular formula is C16H18N4O2. The highest BCUT2D eigenvalue weighted by atomic mass is 16.4. The Bertz CT molecular complexity index is 854. The third-order valence-electron chi connectivity index (χ3n) is 3.59.